The van der Waals surface area contributed by atoms with Crippen molar-refractivity contribution < 1.29 is 0 Å². The molecule has 0 spiro atoms. The third kappa shape index (κ3) is 5.96. The van der Waals surface area contributed by atoms with Crippen LogP contribution < -0.4 is 0 Å². The van der Waals surface area contributed by atoms with Crippen LogP contribution in [0.5, 0.6) is 0 Å². The maximum absolute atomic E-state index is 5.89. The van der Waals surface area contributed by atoms with Gasteiger partial charge in [-0.15, -0.1) is 24.0 Å². The molecule has 1 fully saturated rings. The molecule has 0 saturated carbocycles. The Kier molecular flexibility index (Phi) is 7.81. The number of hydrogen-bond acceptors (Lipinski definition) is 1. The van der Waals surface area contributed by atoms with E-state index in [0.29, 0.717) is 11.3 Å². The van der Waals surface area contributed by atoms with Gasteiger partial charge in [-0.25, -0.2) is 0 Å². The summed E-state index contributed by atoms with van der Waals surface area (Å²) in [5.41, 5.74) is 1.61. The molecule has 2 aliphatic rings. The molecule has 2 atom stereocenters. The van der Waals surface area contributed by atoms with E-state index in [1.807, 2.05) is 0 Å². The average molecular weight is 332 g/mol. The van der Waals surface area contributed by atoms with Crippen LogP contribution >= 0.6 is 24.0 Å². The lowest BCUT2D eigenvalue weighted by Gasteiger charge is -2.35. The zero-order valence-corrected chi connectivity index (χ0v) is 15.3. The molecule has 122 valence electrons. The Morgan fingerprint density at radius 2 is 2.05 bits per heavy atom. The van der Waals surface area contributed by atoms with Gasteiger partial charge < -0.3 is 4.90 Å². The minimum atomic E-state index is 0. The normalized spacial score (nSPS) is 28.9. The highest BCUT2D eigenvalue weighted by Crippen LogP contribution is 2.36. The number of alkyl halides is 1. The molecule has 1 aliphatic heterocycles. The second-order valence-corrected chi connectivity index (χ2v) is 7.66. The average Bonchev–Trinajstić information content (AvgIpc) is 2.42. The fourth-order valence-electron chi connectivity index (χ4n) is 3.61. The fourth-order valence-corrected chi connectivity index (χ4v) is 3.80. The van der Waals surface area contributed by atoms with Crippen LogP contribution in [0.25, 0.3) is 0 Å². The molecule has 21 heavy (non-hydrogen) atoms. The predicted octanol–water partition coefficient (Wildman–Crippen LogP) is 5.30. The number of halogens is 2. The highest BCUT2D eigenvalue weighted by molar-refractivity contribution is 6.19. The van der Waals surface area contributed by atoms with Crippen molar-refractivity contribution in [1.29, 1.82) is 0 Å². The van der Waals surface area contributed by atoms with Gasteiger partial charge in [0, 0.05) is 12.4 Å². The standard InChI is InChI=1S/C18H30ClN.ClH/c1-15-6-10-20(11-7-15)14-16(2)12-18(3)8-4-17(13-19)5-9-18;/h4-5,8,15-16H,6-7,9-14H2,1-3H3;1H. The zero-order valence-electron chi connectivity index (χ0n) is 13.8. The van der Waals surface area contributed by atoms with Crippen LogP contribution in [-0.4, -0.2) is 30.4 Å². The van der Waals surface area contributed by atoms with Crippen LogP contribution in [0, 0.1) is 17.3 Å². The third-order valence-electron chi connectivity index (χ3n) is 4.95. The molecule has 0 radical (unpaired) electrons. The van der Waals surface area contributed by atoms with Crippen LogP contribution in [-0.2, 0) is 0 Å². The smallest absolute Gasteiger partial charge is 0.0470 e. The minimum absolute atomic E-state index is 0. The molecule has 1 heterocycles. The summed E-state index contributed by atoms with van der Waals surface area (Å²) in [6, 6.07) is 0. The first-order chi connectivity index (χ1) is 9.50. The summed E-state index contributed by atoms with van der Waals surface area (Å²) in [7, 11) is 0. The van der Waals surface area contributed by atoms with E-state index in [1.165, 1.54) is 44.5 Å². The molecule has 1 aliphatic carbocycles. The molecule has 0 bridgehead atoms. The minimum Gasteiger partial charge on any atom is -0.303 e. The number of allylic oxidation sites excluding steroid dienone is 4. The zero-order chi connectivity index (χ0) is 14.6. The summed E-state index contributed by atoms with van der Waals surface area (Å²) in [4.78, 5) is 2.67. The third-order valence-corrected chi connectivity index (χ3v) is 5.25. The van der Waals surface area contributed by atoms with Gasteiger partial charge in [0.2, 0.25) is 0 Å². The van der Waals surface area contributed by atoms with Crippen molar-refractivity contribution in [2.75, 3.05) is 25.5 Å². The molecule has 0 aromatic rings. The molecular weight excluding hydrogens is 301 g/mol. The highest BCUT2D eigenvalue weighted by Gasteiger charge is 2.26. The number of rotatable bonds is 5. The van der Waals surface area contributed by atoms with E-state index in [-0.39, 0.29) is 12.4 Å². The SMILES string of the molecule is CC1CCN(CC(C)CC2(C)C=CC(CCl)=CC2)CC1.Cl. The maximum atomic E-state index is 5.89. The van der Waals surface area contributed by atoms with E-state index < -0.39 is 0 Å². The lowest BCUT2D eigenvalue weighted by Crippen LogP contribution is -2.37. The molecule has 1 nitrogen and oxygen atoms in total. The Hall–Kier alpha value is 0.0200. The van der Waals surface area contributed by atoms with Crippen LogP contribution in [0.1, 0.15) is 46.5 Å². The summed E-state index contributed by atoms with van der Waals surface area (Å²) in [5.74, 6) is 2.34. The van der Waals surface area contributed by atoms with E-state index in [2.05, 4.69) is 43.9 Å². The molecule has 2 rings (SSSR count). The van der Waals surface area contributed by atoms with Crippen molar-refractivity contribution in [3.05, 3.63) is 23.8 Å². The first-order valence-electron chi connectivity index (χ1n) is 8.17. The summed E-state index contributed by atoms with van der Waals surface area (Å²) < 4.78 is 0. The maximum Gasteiger partial charge on any atom is 0.0470 e. The van der Waals surface area contributed by atoms with Gasteiger partial charge in [0.1, 0.15) is 0 Å². The molecule has 0 aromatic carbocycles. The summed E-state index contributed by atoms with van der Waals surface area (Å²) in [6.07, 6.45) is 12.1. The van der Waals surface area contributed by atoms with Crippen molar-refractivity contribution >= 4 is 24.0 Å². The van der Waals surface area contributed by atoms with Crippen LogP contribution in [0.4, 0.5) is 0 Å². The topological polar surface area (TPSA) is 3.24 Å². The van der Waals surface area contributed by atoms with Gasteiger partial charge in [0.15, 0.2) is 0 Å². The number of piperidine rings is 1. The van der Waals surface area contributed by atoms with Crippen LogP contribution in [0.2, 0.25) is 0 Å². The first-order valence-corrected chi connectivity index (χ1v) is 8.71. The number of nitrogens with zero attached hydrogens (tertiary/aromatic N) is 1. The van der Waals surface area contributed by atoms with E-state index in [9.17, 15) is 0 Å². The first kappa shape index (κ1) is 19.1. The van der Waals surface area contributed by atoms with Gasteiger partial charge in [0.05, 0.1) is 0 Å². The Morgan fingerprint density at radius 3 is 2.57 bits per heavy atom. The van der Waals surface area contributed by atoms with Crippen LogP contribution in [0.3, 0.4) is 0 Å². The van der Waals surface area contributed by atoms with Gasteiger partial charge in [0.25, 0.3) is 0 Å². The predicted molar refractivity (Wildman–Crippen MR) is 96.5 cm³/mol. The molecular formula is C18H31Cl2N. The lowest BCUT2D eigenvalue weighted by molar-refractivity contribution is 0.155. The summed E-state index contributed by atoms with van der Waals surface area (Å²) in [5, 5.41) is 0. The monoisotopic (exact) mass is 331 g/mol. The molecule has 1 saturated heterocycles. The molecule has 0 N–H and O–H groups in total. The van der Waals surface area contributed by atoms with E-state index in [1.54, 1.807) is 0 Å². The highest BCUT2D eigenvalue weighted by atomic mass is 35.5. The largest absolute Gasteiger partial charge is 0.303 e. The second-order valence-electron chi connectivity index (χ2n) is 7.40. The van der Waals surface area contributed by atoms with Gasteiger partial charge >= 0.3 is 0 Å². The van der Waals surface area contributed by atoms with Gasteiger partial charge in [-0.2, -0.15) is 0 Å². The molecule has 3 heteroatoms. The van der Waals surface area contributed by atoms with Gasteiger partial charge in [-0.05, 0) is 61.6 Å². The van der Waals surface area contributed by atoms with E-state index in [4.69, 9.17) is 11.6 Å². The second kappa shape index (κ2) is 8.60. The molecule has 0 amide bonds. The van der Waals surface area contributed by atoms with Crippen molar-refractivity contribution in [3.63, 3.8) is 0 Å². The number of hydrogen-bond donors (Lipinski definition) is 0. The van der Waals surface area contributed by atoms with Crippen molar-refractivity contribution in [1.82, 2.24) is 4.90 Å². The van der Waals surface area contributed by atoms with Crippen molar-refractivity contribution in [3.8, 4) is 0 Å². The van der Waals surface area contributed by atoms with Crippen molar-refractivity contribution in [2.45, 2.75) is 46.5 Å². The Bertz CT molecular complexity index is 369. The van der Waals surface area contributed by atoms with Gasteiger partial charge in [-0.3, -0.25) is 0 Å². The van der Waals surface area contributed by atoms with Crippen molar-refractivity contribution in [2.24, 2.45) is 17.3 Å². The Balaban J connectivity index is 0.00000220. The van der Waals surface area contributed by atoms with Gasteiger partial charge in [-0.1, -0.05) is 39.0 Å². The van der Waals surface area contributed by atoms with E-state index in [0.717, 1.165) is 18.3 Å². The summed E-state index contributed by atoms with van der Waals surface area (Å²) >= 11 is 5.89. The quantitative estimate of drug-likeness (QED) is 0.618. The Morgan fingerprint density at radius 1 is 1.38 bits per heavy atom. The fraction of sp³-hybridized carbons (Fsp3) is 0.778. The van der Waals surface area contributed by atoms with Crippen LogP contribution in [0.15, 0.2) is 23.8 Å². The number of likely N-dealkylation sites (tertiary alicyclic amines) is 1. The molecule has 2 unspecified atom stereocenters. The molecule has 0 aromatic heterocycles. The van der Waals surface area contributed by atoms with E-state index >= 15 is 0 Å². The Labute approximate surface area is 142 Å². The lowest BCUT2D eigenvalue weighted by atomic mass is 9.75. The summed E-state index contributed by atoms with van der Waals surface area (Å²) in [6.45, 7) is 11.1.